The molecule has 0 saturated heterocycles. The fraction of sp³-hybridized carbons (Fsp3) is 0.261. The minimum Gasteiger partial charge on any atom is -0.481 e. The predicted octanol–water partition coefficient (Wildman–Crippen LogP) is 14.4. The van der Waals surface area contributed by atoms with Gasteiger partial charge in [-0.1, -0.05) is 189 Å². The van der Waals surface area contributed by atoms with Crippen LogP contribution in [0.25, 0.3) is 22.8 Å². The third-order valence-corrected chi connectivity index (χ3v) is 12.7. The summed E-state index contributed by atoms with van der Waals surface area (Å²) in [5.41, 5.74) is 1.12. The topological polar surface area (TPSA) is 210 Å². The van der Waals surface area contributed by atoms with E-state index in [-0.39, 0.29) is 58.9 Å². The molecule has 0 aliphatic carbocycles. The third-order valence-electron chi connectivity index (χ3n) is 10.7. The highest BCUT2D eigenvalue weighted by Gasteiger charge is 2.42. The van der Waals surface area contributed by atoms with Crippen LogP contribution in [-0.4, -0.2) is 63.9 Å². The van der Waals surface area contributed by atoms with E-state index in [4.69, 9.17) is 144 Å². The van der Waals surface area contributed by atoms with E-state index in [0.717, 1.165) is 0 Å². The molecule has 26 heteroatoms. The van der Waals surface area contributed by atoms with E-state index in [2.05, 4.69) is 40.5 Å². The number of carboxylic acids is 2. The fourth-order valence-corrected chi connectivity index (χ4v) is 8.16. The molecule has 2 amide bonds. The molecule has 6 aromatic rings. The Labute approximate surface area is 471 Å². The number of hydrogen-bond acceptors (Lipinski definition) is 10. The molecule has 0 spiro atoms. The van der Waals surface area contributed by atoms with Gasteiger partial charge in [-0.3, -0.25) is 19.2 Å². The molecule has 14 nitrogen and oxygen atoms in total. The Bertz CT molecular complexity index is 2690. The van der Waals surface area contributed by atoms with Crippen molar-refractivity contribution in [1.82, 2.24) is 29.9 Å². The molecule has 0 atom stereocenters. The Morgan fingerprint density at radius 1 is 0.417 bits per heavy atom. The second-order valence-electron chi connectivity index (χ2n) is 15.7. The number of hydrogen-bond donors (Lipinski definition) is 4. The first-order valence-electron chi connectivity index (χ1n) is 21.0. The van der Waals surface area contributed by atoms with Crippen LogP contribution >= 0.6 is 139 Å². The molecule has 0 aliphatic heterocycles. The van der Waals surface area contributed by atoms with Gasteiger partial charge in [-0.25, -0.2) is 29.9 Å². The number of carbonyl (C=O) groups is 4. The van der Waals surface area contributed by atoms with E-state index in [0.29, 0.717) is 65.7 Å². The van der Waals surface area contributed by atoms with Crippen LogP contribution in [0, 0.1) is 0 Å². The zero-order chi connectivity index (χ0) is 52.8. The van der Waals surface area contributed by atoms with Crippen molar-refractivity contribution in [3.05, 3.63) is 143 Å². The minimum absolute atomic E-state index is 0.0273. The molecule has 0 fully saturated rings. The van der Waals surface area contributed by atoms with Gasteiger partial charge in [0.05, 0.1) is 0 Å². The number of rotatable bonds is 17. The summed E-state index contributed by atoms with van der Waals surface area (Å²) in [5.74, 6) is -4.12. The summed E-state index contributed by atoms with van der Waals surface area (Å²) >= 11 is 72.2. The summed E-state index contributed by atoms with van der Waals surface area (Å²) in [6, 6.07) is 24.9. The summed E-state index contributed by atoms with van der Waals surface area (Å²) in [4.78, 5) is 76.4. The first-order valence-corrected chi connectivity index (χ1v) is 25.5. The number of nitrogens with one attached hydrogen (secondary N) is 2. The van der Waals surface area contributed by atoms with Crippen LogP contribution in [0.15, 0.2) is 97.1 Å². The molecule has 0 saturated carbocycles. The number of nitrogens with zero attached hydrogens (tertiary/aromatic N) is 6. The van der Waals surface area contributed by atoms with Crippen LogP contribution in [-0.2, 0) is 30.2 Å². The van der Waals surface area contributed by atoms with E-state index in [1.165, 1.54) is 24.3 Å². The van der Waals surface area contributed by atoms with Gasteiger partial charge in [0.2, 0.25) is 15.2 Å². The summed E-state index contributed by atoms with van der Waals surface area (Å²) in [6.45, 7) is 0. The van der Waals surface area contributed by atoms with Crippen LogP contribution in [0.2, 0.25) is 0 Å². The van der Waals surface area contributed by atoms with E-state index in [1.807, 2.05) is 0 Å². The lowest BCUT2D eigenvalue weighted by atomic mass is 9.70. The van der Waals surface area contributed by atoms with E-state index in [1.54, 1.807) is 72.8 Å². The molecular weight excluding hydrogens is 1190 g/mol. The zero-order valence-electron chi connectivity index (χ0n) is 36.4. The van der Waals surface area contributed by atoms with Gasteiger partial charge in [0.25, 0.3) is 11.8 Å². The van der Waals surface area contributed by atoms with Gasteiger partial charge in [-0.2, -0.15) is 0 Å². The van der Waals surface area contributed by atoms with E-state index >= 15 is 0 Å². The Morgan fingerprint density at radius 2 is 0.736 bits per heavy atom. The molecular formula is C46H34Cl12N8O6. The highest BCUT2D eigenvalue weighted by atomic mass is 35.6. The van der Waals surface area contributed by atoms with Crippen LogP contribution in [0.4, 0.5) is 11.4 Å². The van der Waals surface area contributed by atoms with Crippen molar-refractivity contribution in [2.75, 3.05) is 10.6 Å². The number of halogens is 12. The minimum atomic E-state index is -2.06. The van der Waals surface area contributed by atoms with Gasteiger partial charge in [-0.15, -0.1) is 0 Å². The molecule has 378 valence electrons. The zero-order valence-corrected chi connectivity index (χ0v) is 45.5. The quantitative estimate of drug-likeness (QED) is 0.0496. The lowest BCUT2D eigenvalue weighted by molar-refractivity contribution is -0.142. The fourth-order valence-electron chi connectivity index (χ4n) is 7.15. The summed E-state index contributed by atoms with van der Waals surface area (Å²) in [7, 11) is 0. The maximum atomic E-state index is 13.6. The van der Waals surface area contributed by atoms with Gasteiger partial charge >= 0.3 is 11.9 Å². The number of unbranched alkanes of at least 4 members (excludes halogenated alkanes) is 4. The monoisotopic (exact) mass is 1210 g/mol. The maximum absolute atomic E-state index is 13.6. The van der Waals surface area contributed by atoms with Crippen molar-refractivity contribution < 1.29 is 29.4 Å². The first-order chi connectivity index (χ1) is 33.6. The molecule has 4 N–H and O–H groups in total. The number of carbonyl (C=O) groups excluding carboxylic acids is 2. The van der Waals surface area contributed by atoms with Gasteiger partial charge in [0, 0.05) is 40.0 Å². The second kappa shape index (κ2) is 23.9. The molecule has 2 heterocycles. The van der Waals surface area contributed by atoms with E-state index < -0.39 is 44.3 Å². The molecule has 0 radical (unpaired) electrons. The molecule has 6 rings (SSSR count). The Morgan fingerprint density at radius 3 is 1.04 bits per heavy atom. The van der Waals surface area contributed by atoms with Crippen LogP contribution < -0.4 is 10.6 Å². The predicted molar refractivity (Wildman–Crippen MR) is 285 cm³/mol. The van der Waals surface area contributed by atoms with Crippen molar-refractivity contribution in [1.29, 1.82) is 0 Å². The summed E-state index contributed by atoms with van der Waals surface area (Å²) in [5, 5.41) is 25.7. The molecule has 72 heavy (non-hydrogen) atoms. The van der Waals surface area contributed by atoms with Gasteiger partial charge in [-0.05, 0) is 96.8 Å². The van der Waals surface area contributed by atoms with Crippen molar-refractivity contribution in [3.8, 4) is 22.8 Å². The van der Waals surface area contributed by atoms with Gasteiger partial charge in [0.1, 0.15) is 5.41 Å². The van der Waals surface area contributed by atoms with Crippen molar-refractivity contribution in [2.45, 2.75) is 65.5 Å². The molecule has 0 unspecified atom stereocenters. The van der Waals surface area contributed by atoms with Crippen LogP contribution in [0.5, 0.6) is 0 Å². The standard InChI is InChI=1S/C46H34Cl12N8O6/c47-43(48,49)37-61-33(62-38(65-37)44(50,51)52)24-11-19-30(20-12-24)59-35(69)26-7-15-28(16-8-26)42(41(71)72,23-5-3-1-2-4-6-32(67)68)29-17-9-27(10-18-29)36(70)60-31-21-13-25(14-22-31)34-63-39(45(53,54)55)66-40(64-34)46(56,57)58/h7-22H,1-6,23H2,(H,59,69)(H,60,70)(H,67,68)(H,71,72). The number of carboxylic acid groups (broad SMARTS) is 2. The number of alkyl halides is 12. The SMILES string of the molecule is O=C(O)CCCCCCCC(C(=O)O)(c1ccc(C(=O)Nc2ccc(-c3nc(C(Cl)(Cl)Cl)nc(C(Cl)(Cl)Cl)n3)cc2)cc1)c1ccc(C(=O)Nc2ccc(-c3nc(C(Cl)(Cl)Cl)nc(C(Cl)(Cl)Cl)n3)cc2)cc1. The number of aliphatic carboxylic acids is 2. The second-order valence-corrected chi connectivity index (χ2v) is 24.8. The number of aromatic nitrogens is 6. The summed E-state index contributed by atoms with van der Waals surface area (Å²) in [6.07, 6.45) is 3.10. The van der Waals surface area contributed by atoms with Gasteiger partial charge < -0.3 is 20.8 Å². The lowest BCUT2D eigenvalue weighted by Gasteiger charge is -2.31. The molecule has 4 aromatic carbocycles. The molecule has 0 bridgehead atoms. The van der Waals surface area contributed by atoms with E-state index in [9.17, 15) is 24.3 Å². The number of benzene rings is 4. The average Bonchev–Trinajstić information content (AvgIpc) is 3.31. The summed E-state index contributed by atoms with van der Waals surface area (Å²) < 4.78 is -8.25. The maximum Gasteiger partial charge on any atom is 0.318 e. The lowest BCUT2D eigenvalue weighted by Crippen LogP contribution is -2.37. The Kier molecular flexibility index (Phi) is 19.1. The smallest absolute Gasteiger partial charge is 0.318 e. The molecule has 2 aromatic heterocycles. The molecule has 0 aliphatic rings. The highest BCUT2D eigenvalue weighted by molar-refractivity contribution is 6.68. The Balaban J connectivity index is 1.21. The third kappa shape index (κ3) is 15.0. The highest BCUT2D eigenvalue weighted by Crippen LogP contribution is 2.43. The van der Waals surface area contributed by atoms with Crippen molar-refractivity contribution >= 4 is 174 Å². The van der Waals surface area contributed by atoms with Crippen molar-refractivity contribution in [3.63, 3.8) is 0 Å². The number of amides is 2. The Hall–Kier alpha value is -3.74. The first kappa shape index (κ1) is 57.5. The number of anilines is 2. The largest absolute Gasteiger partial charge is 0.481 e. The van der Waals surface area contributed by atoms with Gasteiger partial charge in [0.15, 0.2) is 34.9 Å². The van der Waals surface area contributed by atoms with Crippen LogP contribution in [0.1, 0.15) is 100 Å². The normalized spacial score (nSPS) is 12.3. The van der Waals surface area contributed by atoms with Crippen molar-refractivity contribution in [2.24, 2.45) is 0 Å². The van der Waals surface area contributed by atoms with Crippen LogP contribution in [0.3, 0.4) is 0 Å². The average molecular weight is 1220 g/mol.